The quantitative estimate of drug-likeness (QED) is 0.876. The molecule has 0 aliphatic rings. The molecule has 1 aromatic heterocycles. The molecule has 1 N–H and O–H groups in total. The number of hydrogen-bond acceptors (Lipinski definition) is 2. The van der Waals surface area contributed by atoms with Gasteiger partial charge in [-0.2, -0.15) is 0 Å². The largest absolute Gasteiger partial charge is 0.308 e. The Labute approximate surface area is 117 Å². The number of halogens is 3. The van der Waals surface area contributed by atoms with E-state index in [9.17, 15) is 8.78 Å². The highest BCUT2D eigenvalue weighted by atomic mass is 79.9. The number of nitrogens with one attached hydrogen (secondary N) is 1. The third kappa shape index (κ3) is 3.37. The van der Waals surface area contributed by atoms with Gasteiger partial charge in [-0.1, -0.05) is 6.07 Å². The minimum atomic E-state index is -0.547. The monoisotopic (exact) mass is 331 g/mol. The van der Waals surface area contributed by atoms with Crippen LogP contribution in [0, 0.1) is 18.6 Å². The summed E-state index contributed by atoms with van der Waals surface area (Å²) in [5.74, 6) is -1.06. The molecule has 0 amide bonds. The summed E-state index contributed by atoms with van der Waals surface area (Å²) >= 11 is 5.15. The molecule has 0 aliphatic carbocycles. The Balaban J connectivity index is 1.92. The van der Waals surface area contributed by atoms with Crippen LogP contribution in [0.1, 0.15) is 15.3 Å². The maximum Gasteiger partial charge on any atom is 0.130 e. The van der Waals surface area contributed by atoms with Crippen LogP contribution in [-0.4, -0.2) is 0 Å². The lowest BCUT2D eigenvalue weighted by Gasteiger charge is -2.04. The van der Waals surface area contributed by atoms with Gasteiger partial charge in [-0.15, -0.1) is 11.3 Å². The first-order valence-electron chi connectivity index (χ1n) is 5.45. The molecule has 0 fully saturated rings. The summed E-state index contributed by atoms with van der Waals surface area (Å²) in [5, 5.41) is 3.15. The molecular formula is C13H12BrF2NS. The zero-order chi connectivity index (χ0) is 13.1. The second-order valence-electron chi connectivity index (χ2n) is 3.96. The van der Waals surface area contributed by atoms with Crippen molar-refractivity contribution in [3.63, 3.8) is 0 Å². The molecular weight excluding hydrogens is 320 g/mol. The van der Waals surface area contributed by atoms with E-state index in [0.29, 0.717) is 18.7 Å². The van der Waals surface area contributed by atoms with E-state index in [1.54, 1.807) is 11.3 Å². The average Bonchev–Trinajstić information content (AvgIpc) is 2.61. The smallest absolute Gasteiger partial charge is 0.130 e. The zero-order valence-corrected chi connectivity index (χ0v) is 12.2. The number of rotatable bonds is 4. The third-order valence-corrected chi connectivity index (χ3v) is 4.67. The van der Waals surface area contributed by atoms with Crippen molar-refractivity contribution in [1.29, 1.82) is 0 Å². The van der Waals surface area contributed by atoms with Crippen molar-refractivity contribution in [3.8, 4) is 0 Å². The van der Waals surface area contributed by atoms with Gasteiger partial charge in [0.2, 0.25) is 0 Å². The highest BCUT2D eigenvalue weighted by Gasteiger charge is 2.05. The Kier molecular flexibility index (Phi) is 4.48. The standard InChI is InChI=1S/C13H12BrF2NS/c1-8-12(14)5-11(18-8)7-17-6-9-2-3-10(15)4-13(9)16/h2-5,17H,6-7H2,1H3. The summed E-state index contributed by atoms with van der Waals surface area (Å²) in [6.07, 6.45) is 0. The Hall–Kier alpha value is -0.780. The van der Waals surface area contributed by atoms with Gasteiger partial charge in [-0.3, -0.25) is 0 Å². The minimum absolute atomic E-state index is 0.390. The molecule has 18 heavy (non-hydrogen) atoms. The number of benzene rings is 1. The predicted molar refractivity (Wildman–Crippen MR) is 73.7 cm³/mol. The van der Waals surface area contributed by atoms with Crippen molar-refractivity contribution < 1.29 is 8.78 Å². The summed E-state index contributed by atoms with van der Waals surface area (Å²) in [4.78, 5) is 2.40. The van der Waals surface area contributed by atoms with Crippen LogP contribution in [0.25, 0.3) is 0 Å². The molecule has 2 aromatic rings. The van der Waals surface area contributed by atoms with E-state index in [1.807, 2.05) is 13.0 Å². The first-order chi connectivity index (χ1) is 8.56. The van der Waals surface area contributed by atoms with E-state index in [0.717, 1.165) is 10.5 Å². The number of thiophene rings is 1. The van der Waals surface area contributed by atoms with Crippen molar-refractivity contribution in [2.75, 3.05) is 0 Å². The molecule has 1 heterocycles. The van der Waals surface area contributed by atoms with Gasteiger partial charge >= 0.3 is 0 Å². The fraction of sp³-hybridized carbons (Fsp3) is 0.231. The second-order valence-corrected chi connectivity index (χ2v) is 6.15. The molecule has 2 rings (SSSR count). The Morgan fingerprint density at radius 2 is 2.00 bits per heavy atom. The van der Waals surface area contributed by atoms with E-state index >= 15 is 0 Å². The zero-order valence-electron chi connectivity index (χ0n) is 9.77. The normalized spacial score (nSPS) is 10.9. The molecule has 0 unspecified atom stereocenters. The highest BCUT2D eigenvalue weighted by Crippen LogP contribution is 2.26. The molecule has 0 atom stereocenters. The van der Waals surface area contributed by atoms with Crippen LogP contribution in [0.5, 0.6) is 0 Å². The molecule has 0 bridgehead atoms. The van der Waals surface area contributed by atoms with E-state index in [4.69, 9.17) is 0 Å². The summed E-state index contributed by atoms with van der Waals surface area (Å²) in [7, 11) is 0. The second kappa shape index (κ2) is 5.91. The van der Waals surface area contributed by atoms with Crippen molar-refractivity contribution in [2.45, 2.75) is 20.0 Å². The molecule has 0 spiro atoms. The minimum Gasteiger partial charge on any atom is -0.308 e. The molecule has 1 aromatic carbocycles. The Bertz CT molecular complexity index is 534. The summed E-state index contributed by atoms with van der Waals surface area (Å²) in [6.45, 7) is 3.10. The van der Waals surface area contributed by atoms with E-state index < -0.39 is 11.6 Å². The van der Waals surface area contributed by atoms with Crippen molar-refractivity contribution in [1.82, 2.24) is 5.32 Å². The topological polar surface area (TPSA) is 12.0 Å². The summed E-state index contributed by atoms with van der Waals surface area (Å²) in [5.41, 5.74) is 0.476. The lowest BCUT2D eigenvalue weighted by atomic mass is 10.2. The molecule has 0 aliphatic heterocycles. The van der Waals surface area contributed by atoms with Crippen LogP contribution >= 0.6 is 27.3 Å². The van der Waals surface area contributed by atoms with Gasteiger partial charge in [0.15, 0.2) is 0 Å². The van der Waals surface area contributed by atoms with E-state index in [2.05, 4.69) is 21.2 Å². The lowest BCUT2D eigenvalue weighted by molar-refractivity contribution is 0.560. The van der Waals surface area contributed by atoms with Gasteiger partial charge in [0.25, 0.3) is 0 Å². The van der Waals surface area contributed by atoms with Gasteiger partial charge in [-0.25, -0.2) is 8.78 Å². The van der Waals surface area contributed by atoms with Crippen LogP contribution < -0.4 is 5.32 Å². The number of hydrogen-bond donors (Lipinski definition) is 1. The van der Waals surface area contributed by atoms with Crippen molar-refractivity contribution >= 4 is 27.3 Å². The van der Waals surface area contributed by atoms with Crippen LogP contribution in [-0.2, 0) is 13.1 Å². The highest BCUT2D eigenvalue weighted by molar-refractivity contribution is 9.10. The molecule has 0 saturated carbocycles. The summed E-state index contributed by atoms with van der Waals surface area (Å²) < 4.78 is 27.2. The first-order valence-corrected chi connectivity index (χ1v) is 7.06. The SMILES string of the molecule is Cc1sc(CNCc2ccc(F)cc2F)cc1Br. The van der Waals surface area contributed by atoms with Crippen LogP contribution in [0.3, 0.4) is 0 Å². The van der Waals surface area contributed by atoms with E-state index in [-0.39, 0.29) is 0 Å². The van der Waals surface area contributed by atoms with Crippen LogP contribution in [0.2, 0.25) is 0 Å². The van der Waals surface area contributed by atoms with Gasteiger partial charge in [-0.05, 0) is 35.0 Å². The van der Waals surface area contributed by atoms with Gasteiger partial charge in [0.05, 0.1) is 0 Å². The molecule has 96 valence electrons. The number of aryl methyl sites for hydroxylation is 1. The lowest BCUT2D eigenvalue weighted by Crippen LogP contribution is -2.13. The fourth-order valence-electron chi connectivity index (χ4n) is 1.59. The van der Waals surface area contributed by atoms with Crippen LogP contribution in [0.15, 0.2) is 28.7 Å². The Morgan fingerprint density at radius 3 is 2.61 bits per heavy atom. The van der Waals surface area contributed by atoms with Crippen LogP contribution in [0.4, 0.5) is 8.78 Å². The molecule has 5 heteroatoms. The predicted octanol–water partition coefficient (Wildman–Crippen LogP) is 4.39. The molecule has 1 nitrogen and oxygen atoms in total. The average molecular weight is 332 g/mol. The van der Waals surface area contributed by atoms with E-state index in [1.165, 1.54) is 21.9 Å². The van der Waals surface area contributed by atoms with Crippen molar-refractivity contribution in [3.05, 3.63) is 55.7 Å². The van der Waals surface area contributed by atoms with Crippen molar-refractivity contribution in [2.24, 2.45) is 0 Å². The molecule has 0 saturated heterocycles. The van der Waals surface area contributed by atoms with Gasteiger partial charge in [0.1, 0.15) is 11.6 Å². The van der Waals surface area contributed by atoms with Gasteiger partial charge < -0.3 is 5.32 Å². The summed E-state index contributed by atoms with van der Waals surface area (Å²) in [6, 6.07) is 5.69. The molecule has 0 radical (unpaired) electrons. The third-order valence-electron chi connectivity index (χ3n) is 2.54. The Morgan fingerprint density at radius 1 is 1.22 bits per heavy atom. The first kappa shape index (κ1) is 13.6. The maximum absolute atomic E-state index is 13.4. The maximum atomic E-state index is 13.4. The fourth-order valence-corrected chi connectivity index (χ4v) is 3.16. The van der Waals surface area contributed by atoms with Gasteiger partial charge in [0, 0.05) is 38.9 Å².